The number of nitrogens with zero attached hydrogens (tertiary/aromatic N) is 1. The zero-order chi connectivity index (χ0) is 25.7. The van der Waals surface area contributed by atoms with E-state index in [2.05, 4.69) is 10.6 Å². The molecule has 0 saturated heterocycles. The lowest BCUT2D eigenvalue weighted by atomic mass is 9.84. The summed E-state index contributed by atoms with van der Waals surface area (Å²) in [6.07, 6.45) is 1.31. The van der Waals surface area contributed by atoms with Crippen LogP contribution in [0.25, 0.3) is 11.1 Å². The second-order valence-corrected chi connectivity index (χ2v) is 8.55. The lowest BCUT2D eigenvalue weighted by Gasteiger charge is -2.19. The van der Waals surface area contributed by atoms with Crippen molar-refractivity contribution in [1.82, 2.24) is 10.6 Å². The van der Waals surface area contributed by atoms with Gasteiger partial charge in [-0.1, -0.05) is 60.7 Å². The Morgan fingerprint density at radius 1 is 0.917 bits per heavy atom. The van der Waals surface area contributed by atoms with Crippen LogP contribution in [0.1, 0.15) is 34.3 Å². The summed E-state index contributed by atoms with van der Waals surface area (Å²) in [6, 6.07) is 22.1. The molecule has 0 bridgehead atoms. The maximum absolute atomic E-state index is 13.4. The molecule has 36 heavy (non-hydrogen) atoms. The molecule has 2 amide bonds. The van der Waals surface area contributed by atoms with Crippen molar-refractivity contribution in [2.45, 2.75) is 24.8 Å². The van der Waals surface area contributed by atoms with Gasteiger partial charge in [0.1, 0.15) is 12.4 Å². The van der Waals surface area contributed by atoms with Crippen molar-refractivity contribution in [3.8, 4) is 17.2 Å². The minimum atomic E-state index is -0.939. The molecule has 4 rings (SSSR count). The number of hydrogen-bond donors (Lipinski definition) is 3. The number of carbonyl (C=O) groups excluding carboxylic acids is 3. The smallest absolute Gasteiger partial charge is 0.310 e. The molecule has 8 heteroatoms. The molecule has 180 valence electrons. The molecule has 0 radical (unpaired) electrons. The van der Waals surface area contributed by atoms with Crippen molar-refractivity contribution in [2.75, 3.05) is 6.54 Å². The standard InChI is InChI=1S/C28H23FN4O3/c29-22-10-8-18(9-11-22)19-5-3-6-21(16-19)28(12-13-28)25(31)24(34)23-7-2-1-4-20(23)17-33-27(36)26(35)32-15-14-30/h1-11,16,31H,12-13,15,17H2,(H,32,35)(H,33,36). The van der Waals surface area contributed by atoms with Gasteiger partial charge in [0.25, 0.3) is 0 Å². The minimum Gasteiger partial charge on any atom is -0.344 e. The molecule has 1 saturated carbocycles. The molecule has 0 unspecified atom stereocenters. The number of amides is 2. The van der Waals surface area contributed by atoms with E-state index in [0.29, 0.717) is 18.4 Å². The van der Waals surface area contributed by atoms with E-state index >= 15 is 0 Å². The zero-order valence-corrected chi connectivity index (χ0v) is 19.3. The Hall–Kier alpha value is -4.64. The molecular weight excluding hydrogens is 459 g/mol. The fourth-order valence-corrected chi connectivity index (χ4v) is 4.15. The molecule has 3 aromatic carbocycles. The summed E-state index contributed by atoms with van der Waals surface area (Å²) in [4.78, 5) is 37.1. The fourth-order valence-electron chi connectivity index (χ4n) is 4.15. The first-order valence-corrected chi connectivity index (χ1v) is 11.4. The first kappa shape index (κ1) is 24.5. The molecule has 0 atom stereocenters. The van der Waals surface area contributed by atoms with Crippen LogP contribution in [-0.4, -0.2) is 29.9 Å². The van der Waals surface area contributed by atoms with E-state index in [1.54, 1.807) is 42.5 Å². The van der Waals surface area contributed by atoms with Gasteiger partial charge in [-0.25, -0.2) is 4.39 Å². The fraction of sp³-hybridized carbons (Fsp3) is 0.179. The van der Waals surface area contributed by atoms with Crippen LogP contribution in [0.2, 0.25) is 0 Å². The van der Waals surface area contributed by atoms with Crippen molar-refractivity contribution in [3.05, 3.63) is 95.3 Å². The molecule has 3 N–H and O–H groups in total. The highest BCUT2D eigenvalue weighted by Crippen LogP contribution is 2.50. The minimum absolute atomic E-state index is 0.0377. The van der Waals surface area contributed by atoms with Gasteiger partial charge < -0.3 is 16.0 Å². The summed E-state index contributed by atoms with van der Waals surface area (Å²) in [6.45, 7) is -0.371. The maximum Gasteiger partial charge on any atom is 0.310 e. The zero-order valence-electron chi connectivity index (χ0n) is 19.3. The Bertz CT molecular complexity index is 1390. The van der Waals surface area contributed by atoms with E-state index in [1.165, 1.54) is 12.1 Å². The third kappa shape index (κ3) is 5.05. The molecule has 3 aromatic rings. The van der Waals surface area contributed by atoms with Crippen LogP contribution in [0.15, 0.2) is 72.8 Å². The number of Topliss-reactive ketones (excluding diaryl/α,β-unsaturated/α-hetero) is 1. The second-order valence-electron chi connectivity index (χ2n) is 8.55. The van der Waals surface area contributed by atoms with Crippen molar-refractivity contribution in [2.24, 2.45) is 0 Å². The van der Waals surface area contributed by atoms with Gasteiger partial charge in [-0.3, -0.25) is 14.4 Å². The average molecular weight is 483 g/mol. The average Bonchev–Trinajstić information content (AvgIpc) is 3.72. The monoisotopic (exact) mass is 482 g/mol. The van der Waals surface area contributed by atoms with Gasteiger partial charge in [0.15, 0.2) is 0 Å². The Kier molecular flexibility index (Phi) is 7.02. The van der Waals surface area contributed by atoms with Crippen molar-refractivity contribution in [3.63, 3.8) is 0 Å². The van der Waals surface area contributed by atoms with Crippen LogP contribution in [0.4, 0.5) is 4.39 Å². The van der Waals surface area contributed by atoms with Crippen LogP contribution < -0.4 is 10.6 Å². The number of rotatable bonds is 8. The largest absolute Gasteiger partial charge is 0.344 e. The number of benzene rings is 3. The highest BCUT2D eigenvalue weighted by Gasteiger charge is 2.51. The van der Waals surface area contributed by atoms with E-state index in [9.17, 15) is 18.8 Å². The van der Waals surface area contributed by atoms with Crippen molar-refractivity contribution >= 4 is 23.3 Å². The first-order chi connectivity index (χ1) is 17.4. The van der Waals surface area contributed by atoms with E-state index < -0.39 is 23.0 Å². The third-order valence-electron chi connectivity index (χ3n) is 6.28. The van der Waals surface area contributed by atoms with Gasteiger partial charge in [0, 0.05) is 17.5 Å². The van der Waals surface area contributed by atoms with Gasteiger partial charge in [0.05, 0.1) is 11.8 Å². The van der Waals surface area contributed by atoms with Crippen LogP contribution in [0.3, 0.4) is 0 Å². The predicted molar refractivity (Wildman–Crippen MR) is 132 cm³/mol. The van der Waals surface area contributed by atoms with Crippen molar-refractivity contribution < 1.29 is 18.8 Å². The van der Waals surface area contributed by atoms with Crippen molar-refractivity contribution in [1.29, 1.82) is 10.7 Å². The van der Waals surface area contributed by atoms with Gasteiger partial charge in [-0.05, 0) is 47.2 Å². The Morgan fingerprint density at radius 2 is 1.61 bits per heavy atom. The number of hydrogen-bond acceptors (Lipinski definition) is 5. The molecule has 7 nitrogen and oxygen atoms in total. The second kappa shape index (κ2) is 10.3. The lowest BCUT2D eigenvalue weighted by molar-refractivity contribution is -0.139. The van der Waals surface area contributed by atoms with E-state index in [4.69, 9.17) is 10.7 Å². The van der Waals surface area contributed by atoms with E-state index in [0.717, 1.165) is 16.7 Å². The quantitative estimate of drug-likeness (QED) is 0.196. The van der Waals surface area contributed by atoms with Crippen LogP contribution in [-0.2, 0) is 21.5 Å². The highest BCUT2D eigenvalue weighted by molar-refractivity contribution is 6.48. The number of nitrogens with one attached hydrogen (secondary N) is 3. The summed E-state index contributed by atoms with van der Waals surface area (Å²) >= 11 is 0. The summed E-state index contributed by atoms with van der Waals surface area (Å²) in [5, 5.41) is 21.9. The lowest BCUT2D eigenvalue weighted by Crippen LogP contribution is -2.40. The molecule has 0 heterocycles. The van der Waals surface area contributed by atoms with Crippen LogP contribution in [0, 0.1) is 22.6 Å². The van der Waals surface area contributed by atoms with Gasteiger partial charge in [-0.15, -0.1) is 0 Å². The molecule has 0 spiro atoms. The number of carbonyl (C=O) groups is 3. The SMILES string of the molecule is N#CCNC(=O)C(=O)NCc1ccccc1C(=O)C(=N)C1(c2cccc(-c3ccc(F)cc3)c2)CC1. The Balaban J connectivity index is 1.53. The number of nitriles is 1. The Labute approximate surface area is 207 Å². The van der Waals surface area contributed by atoms with Gasteiger partial charge >= 0.3 is 11.8 Å². The summed E-state index contributed by atoms with van der Waals surface area (Å²) in [5.74, 6) is -2.62. The van der Waals surface area contributed by atoms with Gasteiger partial charge in [-0.2, -0.15) is 5.26 Å². The highest BCUT2D eigenvalue weighted by atomic mass is 19.1. The maximum atomic E-state index is 13.4. The van der Waals surface area contributed by atoms with Crippen LogP contribution >= 0.6 is 0 Å². The third-order valence-corrected chi connectivity index (χ3v) is 6.28. The summed E-state index contributed by atoms with van der Waals surface area (Å²) in [5.41, 5.74) is 2.57. The number of ketones is 1. The molecule has 1 aliphatic rings. The normalized spacial score (nSPS) is 13.2. The first-order valence-electron chi connectivity index (χ1n) is 11.4. The molecule has 1 fully saturated rings. The summed E-state index contributed by atoms with van der Waals surface area (Å²) < 4.78 is 13.3. The Morgan fingerprint density at radius 3 is 2.31 bits per heavy atom. The van der Waals surface area contributed by atoms with Gasteiger partial charge in [0.2, 0.25) is 5.78 Å². The molecule has 1 aliphatic carbocycles. The summed E-state index contributed by atoms with van der Waals surface area (Å²) in [7, 11) is 0. The molecule has 0 aromatic heterocycles. The van der Waals surface area contributed by atoms with E-state index in [-0.39, 0.29) is 30.2 Å². The number of halogens is 1. The topological polar surface area (TPSA) is 123 Å². The predicted octanol–water partition coefficient (Wildman–Crippen LogP) is 3.68. The molecule has 0 aliphatic heterocycles. The molecular formula is C28H23FN4O3. The van der Waals surface area contributed by atoms with E-state index in [1.807, 2.05) is 24.3 Å². The van der Waals surface area contributed by atoms with Crippen LogP contribution in [0.5, 0.6) is 0 Å².